The lowest BCUT2D eigenvalue weighted by molar-refractivity contribution is 0.167. The molecule has 0 spiro atoms. The Labute approximate surface area is 97.3 Å². The van der Waals surface area contributed by atoms with Crippen LogP contribution in [-0.4, -0.2) is 31.1 Å². The summed E-state index contributed by atoms with van der Waals surface area (Å²) in [6.45, 7) is 0. The highest BCUT2D eigenvalue weighted by atomic mass is 16.5. The summed E-state index contributed by atoms with van der Waals surface area (Å²) >= 11 is 0. The van der Waals surface area contributed by atoms with Gasteiger partial charge in [0.25, 0.3) is 0 Å². The number of nitriles is 1. The molecule has 17 heavy (non-hydrogen) atoms. The Balaban J connectivity index is 2.09. The molecule has 0 bridgehead atoms. The van der Waals surface area contributed by atoms with Crippen molar-refractivity contribution in [2.24, 2.45) is 7.05 Å². The van der Waals surface area contributed by atoms with Gasteiger partial charge in [0.15, 0.2) is 0 Å². The van der Waals surface area contributed by atoms with Gasteiger partial charge < -0.3 is 9.63 Å². The maximum atomic E-state index is 9.42. The SMILES string of the molecule is Cn1cc(-c2noc(CC(O)CC#N)n2)cn1. The molecule has 2 aromatic rings. The molecule has 0 amide bonds. The van der Waals surface area contributed by atoms with Crippen molar-refractivity contribution in [3.8, 4) is 17.5 Å². The van der Waals surface area contributed by atoms with Crippen LogP contribution in [-0.2, 0) is 13.5 Å². The van der Waals surface area contributed by atoms with Crippen molar-refractivity contribution in [2.45, 2.75) is 18.9 Å². The van der Waals surface area contributed by atoms with E-state index in [4.69, 9.17) is 9.78 Å². The predicted octanol–water partition coefficient (Wildman–Crippen LogP) is 0.287. The number of aromatic nitrogens is 4. The van der Waals surface area contributed by atoms with Crippen molar-refractivity contribution < 1.29 is 9.63 Å². The summed E-state index contributed by atoms with van der Waals surface area (Å²) in [6, 6.07) is 1.88. The van der Waals surface area contributed by atoms with Gasteiger partial charge in [-0.3, -0.25) is 4.68 Å². The number of aliphatic hydroxyl groups excluding tert-OH is 1. The predicted molar refractivity (Wildman–Crippen MR) is 56.4 cm³/mol. The van der Waals surface area contributed by atoms with E-state index in [2.05, 4.69) is 15.2 Å². The summed E-state index contributed by atoms with van der Waals surface area (Å²) in [5, 5.41) is 25.6. The monoisotopic (exact) mass is 233 g/mol. The van der Waals surface area contributed by atoms with E-state index in [0.29, 0.717) is 11.7 Å². The van der Waals surface area contributed by atoms with Crippen LogP contribution in [0.1, 0.15) is 12.3 Å². The Morgan fingerprint density at radius 1 is 1.65 bits per heavy atom. The second-order valence-corrected chi connectivity index (χ2v) is 3.63. The molecule has 0 aliphatic carbocycles. The highest BCUT2D eigenvalue weighted by Gasteiger charge is 2.13. The lowest BCUT2D eigenvalue weighted by atomic mass is 10.2. The van der Waals surface area contributed by atoms with E-state index in [-0.39, 0.29) is 12.8 Å². The minimum absolute atomic E-state index is 0.0462. The molecule has 2 aromatic heterocycles. The zero-order valence-corrected chi connectivity index (χ0v) is 9.24. The van der Waals surface area contributed by atoms with Crippen LogP contribution in [0.25, 0.3) is 11.4 Å². The topological polar surface area (TPSA) is 101 Å². The van der Waals surface area contributed by atoms with Crippen LogP contribution in [0.5, 0.6) is 0 Å². The Morgan fingerprint density at radius 3 is 3.12 bits per heavy atom. The summed E-state index contributed by atoms with van der Waals surface area (Å²) in [7, 11) is 1.79. The Bertz CT molecular complexity index is 539. The Kier molecular flexibility index (Phi) is 3.16. The van der Waals surface area contributed by atoms with Crippen LogP contribution < -0.4 is 0 Å². The average molecular weight is 233 g/mol. The molecule has 1 atom stereocenters. The highest BCUT2D eigenvalue weighted by Crippen LogP contribution is 2.15. The first kappa shape index (κ1) is 11.3. The maximum absolute atomic E-state index is 9.42. The van der Waals surface area contributed by atoms with E-state index < -0.39 is 6.10 Å². The van der Waals surface area contributed by atoms with Gasteiger partial charge in [-0.2, -0.15) is 15.3 Å². The second-order valence-electron chi connectivity index (χ2n) is 3.63. The van der Waals surface area contributed by atoms with Gasteiger partial charge in [-0.05, 0) is 0 Å². The summed E-state index contributed by atoms with van der Waals surface area (Å²) in [6.07, 6.45) is 2.84. The van der Waals surface area contributed by atoms with E-state index in [1.165, 1.54) is 0 Å². The third kappa shape index (κ3) is 2.68. The minimum Gasteiger partial charge on any atom is -0.392 e. The molecule has 7 nitrogen and oxygen atoms in total. The van der Waals surface area contributed by atoms with Crippen molar-refractivity contribution in [2.75, 3.05) is 0 Å². The van der Waals surface area contributed by atoms with Gasteiger partial charge in [0, 0.05) is 13.2 Å². The van der Waals surface area contributed by atoms with Gasteiger partial charge in [0.2, 0.25) is 11.7 Å². The fraction of sp³-hybridized carbons (Fsp3) is 0.400. The summed E-state index contributed by atoms with van der Waals surface area (Å²) in [5.41, 5.74) is 0.747. The zero-order chi connectivity index (χ0) is 12.3. The Morgan fingerprint density at radius 2 is 2.47 bits per heavy atom. The molecular weight excluding hydrogens is 222 g/mol. The Hall–Kier alpha value is -2.20. The molecule has 7 heteroatoms. The minimum atomic E-state index is -0.776. The van der Waals surface area contributed by atoms with E-state index in [9.17, 15) is 5.11 Å². The first-order valence-electron chi connectivity index (χ1n) is 5.05. The molecule has 1 N–H and O–H groups in total. The molecule has 0 radical (unpaired) electrons. The number of rotatable bonds is 4. The first-order valence-corrected chi connectivity index (χ1v) is 5.05. The number of nitrogens with zero attached hydrogens (tertiary/aromatic N) is 5. The molecule has 2 rings (SSSR count). The van der Waals surface area contributed by atoms with Crippen molar-refractivity contribution in [3.05, 3.63) is 18.3 Å². The van der Waals surface area contributed by atoms with Crippen molar-refractivity contribution in [1.29, 1.82) is 5.26 Å². The zero-order valence-electron chi connectivity index (χ0n) is 9.24. The summed E-state index contributed by atoms with van der Waals surface area (Å²) in [5.74, 6) is 0.740. The second kappa shape index (κ2) is 4.76. The van der Waals surface area contributed by atoms with Crippen molar-refractivity contribution >= 4 is 0 Å². The first-order chi connectivity index (χ1) is 8.19. The average Bonchev–Trinajstić information content (AvgIpc) is 2.87. The van der Waals surface area contributed by atoms with Crippen LogP contribution in [0.3, 0.4) is 0 Å². The standard InChI is InChI=1S/C10H11N5O2/c1-15-6-7(5-12-15)10-13-9(17-14-10)4-8(16)2-3-11/h5-6,8,16H,2,4H2,1H3. The van der Waals surface area contributed by atoms with E-state index in [1.807, 2.05) is 6.07 Å². The molecule has 1 unspecified atom stereocenters. The molecule has 0 saturated heterocycles. The number of hydrogen-bond donors (Lipinski definition) is 1. The van der Waals surface area contributed by atoms with Gasteiger partial charge in [-0.1, -0.05) is 5.16 Å². The van der Waals surface area contributed by atoms with Gasteiger partial charge in [0.1, 0.15) is 0 Å². The van der Waals surface area contributed by atoms with Gasteiger partial charge in [0.05, 0.1) is 36.8 Å². The fourth-order valence-corrected chi connectivity index (χ4v) is 1.37. The van der Waals surface area contributed by atoms with E-state index in [0.717, 1.165) is 5.56 Å². The highest BCUT2D eigenvalue weighted by molar-refractivity contribution is 5.50. The molecule has 88 valence electrons. The van der Waals surface area contributed by atoms with Crippen molar-refractivity contribution in [1.82, 2.24) is 19.9 Å². The third-order valence-corrected chi connectivity index (χ3v) is 2.17. The van der Waals surface area contributed by atoms with E-state index >= 15 is 0 Å². The smallest absolute Gasteiger partial charge is 0.229 e. The van der Waals surface area contributed by atoms with Gasteiger partial charge in [-0.25, -0.2) is 0 Å². The quantitative estimate of drug-likeness (QED) is 0.814. The van der Waals surface area contributed by atoms with Crippen LogP contribution in [0.15, 0.2) is 16.9 Å². The molecule has 0 fully saturated rings. The molecule has 0 saturated carbocycles. The molecule has 2 heterocycles. The fourth-order valence-electron chi connectivity index (χ4n) is 1.37. The lowest BCUT2D eigenvalue weighted by Gasteiger charge is -1.99. The molecule has 0 aliphatic heterocycles. The van der Waals surface area contributed by atoms with Gasteiger partial charge >= 0.3 is 0 Å². The number of aliphatic hydroxyl groups is 1. The lowest BCUT2D eigenvalue weighted by Crippen LogP contribution is -2.09. The largest absolute Gasteiger partial charge is 0.392 e. The molecule has 0 aromatic carbocycles. The molecular formula is C10H11N5O2. The maximum Gasteiger partial charge on any atom is 0.229 e. The van der Waals surface area contributed by atoms with Crippen molar-refractivity contribution in [3.63, 3.8) is 0 Å². The van der Waals surface area contributed by atoms with Crippen LogP contribution in [0, 0.1) is 11.3 Å². The number of aryl methyl sites for hydroxylation is 1. The number of hydrogen-bond acceptors (Lipinski definition) is 6. The summed E-state index contributed by atoms with van der Waals surface area (Å²) in [4.78, 5) is 4.12. The van der Waals surface area contributed by atoms with Crippen LogP contribution in [0.4, 0.5) is 0 Å². The van der Waals surface area contributed by atoms with E-state index in [1.54, 1.807) is 24.1 Å². The third-order valence-electron chi connectivity index (χ3n) is 2.17. The normalized spacial score (nSPS) is 12.3. The van der Waals surface area contributed by atoms with Gasteiger partial charge in [-0.15, -0.1) is 0 Å². The van der Waals surface area contributed by atoms with Crippen LogP contribution >= 0.6 is 0 Å². The molecule has 0 aliphatic rings. The van der Waals surface area contributed by atoms with Crippen LogP contribution in [0.2, 0.25) is 0 Å². The summed E-state index contributed by atoms with van der Waals surface area (Å²) < 4.78 is 6.61.